The van der Waals surface area contributed by atoms with Crippen LogP contribution in [0, 0.1) is 0 Å². The molecule has 2 aliphatic rings. The summed E-state index contributed by atoms with van der Waals surface area (Å²) in [5.41, 5.74) is -0.314. The number of carbonyl (C=O) groups is 1. The van der Waals surface area contributed by atoms with Crippen molar-refractivity contribution in [1.29, 1.82) is 0 Å². The molecule has 0 aliphatic carbocycles. The molecule has 0 aromatic heterocycles. The molecule has 0 spiro atoms. The predicted molar refractivity (Wildman–Crippen MR) is 72.9 cm³/mol. The first kappa shape index (κ1) is 14.8. The molecule has 2 rings (SSSR count). The van der Waals surface area contributed by atoms with Crippen molar-refractivity contribution in [2.75, 3.05) is 32.8 Å². The molecule has 2 aliphatic heterocycles. The van der Waals surface area contributed by atoms with Crippen LogP contribution < -0.4 is 0 Å². The van der Waals surface area contributed by atoms with Gasteiger partial charge in [-0.15, -0.1) is 0 Å². The number of aliphatic hydroxyl groups excluding tert-OH is 1. The van der Waals surface area contributed by atoms with Crippen LogP contribution >= 0.6 is 0 Å². The lowest BCUT2D eigenvalue weighted by molar-refractivity contribution is -0.164. The van der Waals surface area contributed by atoms with E-state index >= 15 is 0 Å². The fraction of sp³-hybridized carbons (Fsp3) is 0.929. The number of ether oxygens (including phenoxy) is 1. The van der Waals surface area contributed by atoms with Crippen molar-refractivity contribution in [3.05, 3.63) is 0 Å². The highest BCUT2D eigenvalue weighted by atomic mass is 16.5. The van der Waals surface area contributed by atoms with Crippen molar-refractivity contribution in [3.63, 3.8) is 0 Å². The first-order chi connectivity index (χ1) is 8.93. The van der Waals surface area contributed by atoms with E-state index in [2.05, 4.69) is 4.90 Å². The van der Waals surface area contributed by atoms with Gasteiger partial charge in [0.2, 0.25) is 5.91 Å². The zero-order valence-electron chi connectivity index (χ0n) is 12.3. The highest BCUT2D eigenvalue weighted by Crippen LogP contribution is 2.23. The van der Waals surface area contributed by atoms with Crippen molar-refractivity contribution < 1.29 is 14.6 Å². The topological polar surface area (TPSA) is 53.0 Å². The van der Waals surface area contributed by atoms with Crippen molar-refractivity contribution in [3.8, 4) is 0 Å². The molecule has 5 heteroatoms. The minimum absolute atomic E-state index is 0.00452. The molecule has 0 aromatic rings. The third kappa shape index (κ3) is 3.46. The minimum Gasteiger partial charge on any atom is -0.394 e. The molecule has 2 atom stereocenters. The third-order valence-electron chi connectivity index (χ3n) is 4.03. The number of rotatable bonds is 3. The molecule has 2 unspecified atom stereocenters. The smallest absolute Gasteiger partial charge is 0.239 e. The van der Waals surface area contributed by atoms with Crippen molar-refractivity contribution in [1.82, 2.24) is 9.80 Å². The van der Waals surface area contributed by atoms with Crippen LogP contribution in [0.1, 0.15) is 33.6 Å². The molecule has 0 aromatic carbocycles. The van der Waals surface area contributed by atoms with Gasteiger partial charge in [-0.1, -0.05) is 0 Å². The van der Waals surface area contributed by atoms with Gasteiger partial charge in [0.05, 0.1) is 24.4 Å². The first-order valence-corrected chi connectivity index (χ1v) is 7.24. The van der Waals surface area contributed by atoms with Crippen LogP contribution in [0.3, 0.4) is 0 Å². The molecule has 2 saturated heterocycles. The summed E-state index contributed by atoms with van der Waals surface area (Å²) in [5, 5.41) is 9.33. The van der Waals surface area contributed by atoms with Gasteiger partial charge in [0.15, 0.2) is 0 Å². The van der Waals surface area contributed by atoms with Crippen molar-refractivity contribution in [2.24, 2.45) is 0 Å². The fourth-order valence-electron chi connectivity index (χ4n) is 3.09. The molecule has 5 nitrogen and oxygen atoms in total. The lowest BCUT2D eigenvalue weighted by Gasteiger charge is -2.44. The lowest BCUT2D eigenvalue weighted by Crippen LogP contribution is -2.59. The maximum Gasteiger partial charge on any atom is 0.239 e. The quantitative estimate of drug-likeness (QED) is 0.810. The highest BCUT2D eigenvalue weighted by Gasteiger charge is 2.38. The van der Waals surface area contributed by atoms with Gasteiger partial charge in [0.1, 0.15) is 0 Å². The summed E-state index contributed by atoms with van der Waals surface area (Å²) in [6.45, 7) is 9.12. The summed E-state index contributed by atoms with van der Waals surface area (Å²) in [5.74, 6) is 0.215. The molecular formula is C14H26N2O3. The van der Waals surface area contributed by atoms with E-state index in [4.69, 9.17) is 4.74 Å². The monoisotopic (exact) mass is 270 g/mol. The van der Waals surface area contributed by atoms with E-state index in [-0.39, 0.29) is 30.3 Å². The molecule has 0 saturated carbocycles. The number of carbonyl (C=O) groups excluding carboxylic acids is 1. The van der Waals surface area contributed by atoms with Gasteiger partial charge in [-0.3, -0.25) is 9.69 Å². The Bertz CT molecular complexity index is 327. The second-order valence-electron chi connectivity index (χ2n) is 6.32. The second-order valence-corrected chi connectivity index (χ2v) is 6.32. The number of aliphatic hydroxyl groups is 1. The maximum atomic E-state index is 12.4. The first-order valence-electron chi connectivity index (χ1n) is 7.24. The molecule has 2 heterocycles. The van der Waals surface area contributed by atoms with Crippen LogP contribution in [-0.4, -0.2) is 71.3 Å². The number of hydrogen-bond donors (Lipinski definition) is 1. The van der Waals surface area contributed by atoms with E-state index in [9.17, 15) is 9.90 Å². The highest BCUT2D eigenvalue weighted by molar-refractivity contribution is 5.81. The van der Waals surface area contributed by atoms with Gasteiger partial charge in [-0.05, 0) is 33.6 Å². The Morgan fingerprint density at radius 1 is 1.42 bits per heavy atom. The van der Waals surface area contributed by atoms with E-state index in [1.54, 1.807) is 0 Å². The van der Waals surface area contributed by atoms with E-state index < -0.39 is 0 Å². The summed E-state index contributed by atoms with van der Waals surface area (Å²) < 4.78 is 5.79. The SMILES string of the molecule is CC(C(=O)N1CCCC1)N1CC(CO)OC(C)(C)C1. The van der Waals surface area contributed by atoms with Crippen LogP contribution in [0.15, 0.2) is 0 Å². The normalized spacial score (nSPS) is 29.5. The van der Waals surface area contributed by atoms with Crippen LogP contribution in [0.25, 0.3) is 0 Å². The molecule has 2 fully saturated rings. The van der Waals surface area contributed by atoms with Crippen LogP contribution in [0.2, 0.25) is 0 Å². The molecule has 0 bridgehead atoms. The summed E-state index contributed by atoms with van der Waals surface area (Å²) in [6.07, 6.45) is 2.04. The molecule has 19 heavy (non-hydrogen) atoms. The zero-order valence-corrected chi connectivity index (χ0v) is 12.3. The largest absolute Gasteiger partial charge is 0.394 e. The molecule has 1 amide bonds. The Labute approximate surface area is 115 Å². The van der Waals surface area contributed by atoms with Crippen LogP contribution in [0.4, 0.5) is 0 Å². The summed E-state index contributed by atoms with van der Waals surface area (Å²) >= 11 is 0. The number of hydrogen-bond acceptors (Lipinski definition) is 4. The fourth-order valence-corrected chi connectivity index (χ4v) is 3.09. The van der Waals surface area contributed by atoms with E-state index in [0.717, 1.165) is 32.5 Å². The lowest BCUT2D eigenvalue weighted by atomic mass is 10.0. The second kappa shape index (κ2) is 5.77. The Morgan fingerprint density at radius 2 is 2.05 bits per heavy atom. The average molecular weight is 270 g/mol. The summed E-state index contributed by atoms with van der Waals surface area (Å²) in [4.78, 5) is 16.5. The van der Waals surface area contributed by atoms with Gasteiger partial charge >= 0.3 is 0 Å². The van der Waals surface area contributed by atoms with E-state index in [1.165, 1.54) is 0 Å². The van der Waals surface area contributed by atoms with Gasteiger partial charge in [-0.2, -0.15) is 0 Å². The summed E-state index contributed by atoms with van der Waals surface area (Å²) in [7, 11) is 0. The van der Waals surface area contributed by atoms with Gasteiger partial charge in [0, 0.05) is 26.2 Å². The average Bonchev–Trinajstić information content (AvgIpc) is 2.88. The minimum atomic E-state index is -0.314. The van der Waals surface area contributed by atoms with Gasteiger partial charge in [-0.25, -0.2) is 0 Å². The number of morpholine rings is 1. The van der Waals surface area contributed by atoms with E-state index in [0.29, 0.717) is 6.54 Å². The van der Waals surface area contributed by atoms with Crippen LogP contribution in [0.5, 0.6) is 0 Å². The number of likely N-dealkylation sites (tertiary alicyclic amines) is 1. The molecule has 110 valence electrons. The molecular weight excluding hydrogens is 244 g/mol. The van der Waals surface area contributed by atoms with Gasteiger partial charge in [0.25, 0.3) is 0 Å². The predicted octanol–water partition coefficient (Wildman–Crippen LogP) is 0.469. The third-order valence-corrected chi connectivity index (χ3v) is 4.03. The number of amides is 1. The maximum absolute atomic E-state index is 12.4. The summed E-state index contributed by atoms with van der Waals surface area (Å²) in [6, 6.07) is -0.129. The Morgan fingerprint density at radius 3 is 2.63 bits per heavy atom. The zero-order chi connectivity index (χ0) is 14.0. The molecule has 0 radical (unpaired) electrons. The molecule has 1 N–H and O–H groups in total. The van der Waals surface area contributed by atoms with Crippen molar-refractivity contribution in [2.45, 2.75) is 51.4 Å². The Hall–Kier alpha value is -0.650. The van der Waals surface area contributed by atoms with Crippen molar-refractivity contribution >= 4 is 5.91 Å². The Kier molecular flexibility index (Phi) is 4.48. The Balaban J connectivity index is 2.00. The van der Waals surface area contributed by atoms with Gasteiger partial charge < -0.3 is 14.7 Å². The number of nitrogens with zero attached hydrogens (tertiary/aromatic N) is 2. The van der Waals surface area contributed by atoms with Crippen LogP contribution in [-0.2, 0) is 9.53 Å². The standard InChI is InChI=1S/C14H26N2O3/c1-11(13(18)15-6-4-5-7-15)16-8-12(9-17)19-14(2,3)10-16/h11-12,17H,4-10H2,1-3H3. The van der Waals surface area contributed by atoms with E-state index in [1.807, 2.05) is 25.7 Å².